The van der Waals surface area contributed by atoms with Crippen LogP contribution in [0.15, 0.2) is 67.3 Å². The maximum atomic E-state index is 13.4. The Hall–Kier alpha value is -3.71. The van der Waals surface area contributed by atoms with Gasteiger partial charge in [0.1, 0.15) is 21.3 Å². The fourth-order valence-corrected chi connectivity index (χ4v) is 4.42. The summed E-state index contributed by atoms with van der Waals surface area (Å²) in [7, 11) is 1.60. The number of anilines is 1. The van der Waals surface area contributed by atoms with Crippen molar-refractivity contribution in [1.82, 2.24) is 10.3 Å². The van der Waals surface area contributed by atoms with Gasteiger partial charge in [0, 0.05) is 23.1 Å². The van der Waals surface area contributed by atoms with Crippen LogP contribution in [0.5, 0.6) is 5.75 Å². The summed E-state index contributed by atoms with van der Waals surface area (Å²) >= 11 is 1.22. The number of methoxy groups -OCH3 is 1. The first-order valence-corrected chi connectivity index (χ1v) is 10.4. The van der Waals surface area contributed by atoms with E-state index in [1.54, 1.807) is 25.3 Å². The molecule has 2 aromatic carbocycles. The fraction of sp³-hybridized carbons (Fsp3) is 0.0833. The first kappa shape index (κ1) is 20.6. The van der Waals surface area contributed by atoms with Gasteiger partial charge in [0.05, 0.1) is 18.5 Å². The van der Waals surface area contributed by atoms with Gasteiger partial charge in [0.15, 0.2) is 0 Å². The Kier molecular flexibility index (Phi) is 5.68. The third-order valence-corrected chi connectivity index (χ3v) is 5.95. The van der Waals surface area contributed by atoms with Crippen LogP contribution in [0.2, 0.25) is 0 Å². The van der Waals surface area contributed by atoms with Crippen molar-refractivity contribution in [2.24, 2.45) is 0 Å². The highest BCUT2D eigenvalue weighted by Crippen LogP contribution is 2.43. The molecule has 0 spiro atoms. The lowest BCUT2D eigenvalue weighted by atomic mass is 9.98. The van der Waals surface area contributed by atoms with Gasteiger partial charge in [-0.25, -0.2) is 9.37 Å². The molecule has 5 nitrogen and oxygen atoms in total. The largest absolute Gasteiger partial charge is 0.496 e. The molecule has 31 heavy (non-hydrogen) atoms. The Bertz CT molecular complexity index is 1280. The van der Waals surface area contributed by atoms with Gasteiger partial charge in [-0.05, 0) is 42.0 Å². The molecule has 0 fully saturated rings. The zero-order valence-electron chi connectivity index (χ0n) is 16.8. The summed E-state index contributed by atoms with van der Waals surface area (Å²) in [6, 6.07) is 15.6. The number of amides is 1. The van der Waals surface area contributed by atoms with Crippen molar-refractivity contribution in [3.05, 3.63) is 77.9 Å². The number of nitrogen functional groups attached to an aromatic ring is 1. The molecule has 0 aliphatic carbocycles. The van der Waals surface area contributed by atoms with Crippen LogP contribution in [0.3, 0.4) is 0 Å². The van der Waals surface area contributed by atoms with Crippen molar-refractivity contribution in [2.45, 2.75) is 0 Å². The molecule has 156 valence electrons. The summed E-state index contributed by atoms with van der Waals surface area (Å²) in [4.78, 5) is 18.4. The van der Waals surface area contributed by atoms with E-state index < -0.39 is 0 Å². The summed E-state index contributed by atoms with van der Waals surface area (Å²) in [6.45, 7) is 3.95. The van der Waals surface area contributed by atoms with Crippen molar-refractivity contribution in [1.29, 1.82) is 0 Å². The maximum absolute atomic E-state index is 13.4. The van der Waals surface area contributed by atoms with Gasteiger partial charge in [-0.1, -0.05) is 24.3 Å². The number of pyridine rings is 1. The van der Waals surface area contributed by atoms with Crippen LogP contribution in [0.25, 0.3) is 32.6 Å². The first-order chi connectivity index (χ1) is 15.0. The molecule has 0 bridgehead atoms. The second-order valence-electron chi connectivity index (χ2n) is 6.79. The number of nitrogens with one attached hydrogen (secondary N) is 1. The zero-order chi connectivity index (χ0) is 22.0. The predicted molar refractivity (Wildman–Crippen MR) is 124 cm³/mol. The quantitative estimate of drug-likeness (QED) is 0.406. The van der Waals surface area contributed by atoms with Gasteiger partial charge in [-0.2, -0.15) is 0 Å². The molecule has 0 atom stereocenters. The number of thiophene rings is 1. The molecule has 7 heteroatoms. The average molecular weight is 434 g/mol. The lowest BCUT2D eigenvalue weighted by Gasteiger charge is -2.12. The zero-order valence-corrected chi connectivity index (χ0v) is 17.6. The van der Waals surface area contributed by atoms with E-state index in [1.807, 2.05) is 30.3 Å². The highest BCUT2D eigenvalue weighted by Gasteiger charge is 2.22. The van der Waals surface area contributed by atoms with E-state index in [0.717, 1.165) is 16.7 Å². The van der Waals surface area contributed by atoms with E-state index in [0.29, 0.717) is 38.8 Å². The number of carbonyl (C=O) groups excluding carboxylic acids is 1. The predicted octanol–water partition coefficient (Wildman–Crippen LogP) is 5.28. The van der Waals surface area contributed by atoms with Crippen LogP contribution in [-0.4, -0.2) is 24.5 Å². The SMILES string of the molecule is C=CCNC(=O)c1sc2nc(-c3ccc(F)cc3)cc(-c3ccccc3OC)c2c1N. The number of fused-ring (bicyclic) bond motifs is 1. The average Bonchev–Trinajstić information content (AvgIpc) is 3.14. The monoisotopic (exact) mass is 433 g/mol. The Morgan fingerprint density at radius 1 is 1.23 bits per heavy atom. The number of para-hydroxylation sites is 1. The second-order valence-corrected chi connectivity index (χ2v) is 7.79. The molecule has 3 N–H and O–H groups in total. The molecule has 0 radical (unpaired) electrons. The van der Waals surface area contributed by atoms with Crippen LogP contribution in [-0.2, 0) is 0 Å². The van der Waals surface area contributed by atoms with Crippen LogP contribution in [0.1, 0.15) is 9.67 Å². The van der Waals surface area contributed by atoms with Crippen LogP contribution < -0.4 is 15.8 Å². The van der Waals surface area contributed by atoms with Crippen molar-refractivity contribution in [2.75, 3.05) is 19.4 Å². The summed E-state index contributed by atoms with van der Waals surface area (Å²) in [5, 5.41) is 3.45. The first-order valence-electron chi connectivity index (χ1n) is 9.55. The van der Waals surface area contributed by atoms with E-state index >= 15 is 0 Å². The van der Waals surface area contributed by atoms with Gasteiger partial charge in [-0.15, -0.1) is 17.9 Å². The van der Waals surface area contributed by atoms with Crippen molar-refractivity contribution >= 4 is 33.1 Å². The Balaban J connectivity index is 1.99. The minimum Gasteiger partial charge on any atom is -0.496 e. The molecule has 4 aromatic rings. The number of nitrogens with two attached hydrogens (primary N) is 1. The number of rotatable bonds is 6. The van der Waals surface area contributed by atoms with Crippen LogP contribution in [0, 0.1) is 5.82 Å². The van der Waals surface area contributed by atoms with E-state index in [4.69, 9.17) is 15.5 Å². The Morgan fingerprint density at radius 2 is 1.97 bits per heavy atom. The number of aromatic nitrogens is 1. The topological polar surface area (TPSA) is 77.2 Å². The van der Waals surface area contributed by atoms with Gasteiger partial charge >= 0.3 is 0 Å². The third-order valence-electron chi connectivity index (χ3n) is 4.85. The summed E-state index contributed by atoms with van der Waals surface area (Å²) in [6.07, 6.45) is 1.60. The summed E-state index contributed by atoms with van der Waals surface area (Å²) < 4.78 is 19.0. The van der Waals surface area contributed by atoms with Crippen molar-refractivity contribution in [3.63, 3.8) is 0 Å². The van der Waals surface area contributed by atoms with E-state index in [-0.39, 0.29) is 11.7 Å². The number of halogens is 1. The Morgan fingerprint density at radius 3 is 2.68 bits per heavy atom. The molecule has 2 aromatic heterocycles. The second kappa shape index (κ2) is 8.57. The van der Waals surface area contributed by atoms with Gasteiger partial charge in [0.25, 0.3) is 5.91 Å². The fourth-order valence-electron chi connectivity index (χ4n) is 3.38. The minimum absolute atomic E-state index is 0.283. The van der Waals surface area contributed by atoms with Gasteiger partial charge in [-0.3, -0.25) is 4.79 Å². The molecule has 0 saturated heterocycles. The lowest BCUT2D eigenvalue weighted by Crippen LogP contribution is -2.22. The number of hydrogen-bond acceptors (Lipinski definition) is 5. The minimum atomic E-state index is -0.323. The van der Waals surface area contributed by atoms with Crippen LogP contribution in [0.4, 0.5) is 10.1 Å². The van der Waals surface area contributed by atoms with E-state index in [1.165, 1.54) is 23.5 Å². The normalized spacial score (nSPS) is 10.8. The molecular formula is C24H20FN3O2S. The number of ether oxygens (including phenoxy) is 1. The third kappa shape index (κ3) is 3.87. The number of nitrogens with zero attached hydrogens (tertiary/aromatic N) is 1. The molecule has 0 aliphatic heterocycles. The molecular weight excluding hydrogens is 413 g/mol. The van der Waals surface area contributed by atoms with Gasteiger partial charge < -0.3 is 15.8 Å². The van der Waals surface area contributed by atoms with Crippen LogP contribution >= 0.6 is 11.3 Å². The lowest BCUT2D eigenvalue weighted by molar-refractivity contribution is 0.0963. The number of carbonyl (C=O) groups is 1. The number of benzene rings is 2. The van der Waals surface area contributed by atoms with E-state index in [2.05, 4.69) is 11.9 Å². The molecule has 1 amide bonds. The molecule has 4 rings (SSSR count). The Labute approximate surface area is 183 Å². The van der Waals surface area contributed by atoms with E-state index in [9.17, 15) is 9.18 Å². The standard InChI is InChI=1S/C24H20FN3O2S/c1-3-12-27-23(29)22-21(26)20-17(16-6-4-5-7-19(16)30-2)13-18(28-24(20)31-22)14-8-10-15(25)11-9-14/h3-11,13H,1,12,26H2,2H3,(H,27,29). The molecule has 2 heterocycles. The van der Waals surface area contributed by atoms with Crippen molar-refractivity contribution in [3.8, 4) is 28.1 Å². The molecule has 0 aliphatic rings. The maximum Gasteiger partial charge on any atom is 0.263 e. The smallest absolute Gasteiger partial charge is 0.263 e. The summed E-state index contributed by atoms with van der Waals surface area (Å²) in [5.41, 5.74) is 9.82. The highest BCUT2D eigenvalue weighted by atomic mass is 32.1. The summed E-state index contributed by atoms with van der Waals surface area (Å²) in [5.74, 6) is 0.0642. The van der Waals surface area contributed by atoms with Gasteiger partial charge in [0.2, 0.25) is 0 Å². The van der Waals surface area contributed by atoms with Crippen molar-refractivity contribution < 1.29 is 13.9 Å². The molecule has 0 unspecified atom stereocenters. The molecule has 0 saturated carbocycles. The highest BCUT2D eigenvalue weighted by molar-refractivity contribution is 7.21. The number of hydrogen-bond donors (Lipinski definition) is 2.